The fraction of sp³-hybridized carbons (Fsp3) is 0.381. The van der Waals surface area contributed by atoms with Crippen molar-refractivity contribution < 1.29 is 17.6 Å². The summed E-state index contributed by atoms with van der Waals surface area (Å²) < 4.78 is 40.0. The van der Waals surface area contributed by atoms with E-state index in [1.165, 1.54) is 16.4 Å². The van der Waals surface area contributed by atoms with Gasteiger partial charge in [-0.1, -0.05) is 18.2 Å². The second-order valence-corrected chi connectivity index (χ2v) is 9.14. The van der Waals surface area contributed by atoms with E-state index in [1.807, 2.05) is 42.3 Å². The van der Waals surface area contributed by atoms with Crippen LogP contribution in [-0.4, -0.2) is 51.9 Å². The quantitative estimate of drug-likeness (QED) is 0.749. The molecule has 2 aromatic carbocycles. The average Bonchev–Trinajstić information content (AvgIpc) is 2.74. The van der Waals surface area contributed by atoms with Crippen LogP contribution in [0.4, 0.5) is 10.1 Å². The molecule has 29 heavy (non-hydrogen) atoms. The minimum absolute atomic E-state index is 0.0458. The van der Waals surface area contributed by atoms with Gasteiger partial charge in [-0.15, -0.1) is 0 Å². The first kappa shape index (κ1) is 21.3. The number of sulfonamides is 1. The van der Waals surface area contributed by atoms with Gasteiger partial charge in [-0.05, 0) is 49.2 Å². The molecule has 0 spiro atoms. The number of rotatable bonds is 7. The topological polar surface area (TPSA) is 69.7 Å². The number of piperidine rings is 1. The smallest absolute Gasteiger partial charge is 0.243 e. The number of amides is 1. The molecule has 6 nitrogen and oxygen atoms in total. The van der Waals surface area contributed by atoms with Gasteiger partial charge in [0.2, 0.25) is 15.9 Å². The molecule has 0 bridgehead atoms. The van der Waals surface area contributed by atoms with E-state index in [4.69, 9.17) is 0 Å². The largest absolute Gasteiger partial charge is 0.373 e. The van der Waals surface area contributed by atoms with Gasteiger partial charge in [-0.25, -0.2) is 12.8 Å². The summed E-state index contributed by atoms with van der Waals surface area (Å²) in [7, 11) is -1.78. The third-order valence-electron chi connectivity index (χ3n) is 5.15. The first-order valence-corrected chi connectivity index (χ1v) is 11.1. The van der Waals surface area contributed by atoms with Crippen LogP contribution in [0, 0.1) is 11.7 Å². The van der Waals surface area contributed by atoms with Crippen LogP contribution in [0.25, 0.3) is 0 Å². The Balaban J connectivity index is 1.54. The van der Waals surface area contributed by atoms with Crippen LogP contribution in [0.2, 0.25) is 0 Å². The third-order valence-corrected chi connectivity index (χ3v) is 7.03. The first-order chi connectivity index (χ1) is 13.9. The molecule has 0 unspecified atom stereocenters. The molecular weight excluding hydrogens is 393 g/mol. The Kier molecular flexibility index (Phi) is 6.87. The number of nitrogens with zero attached hydrogens (tertiary/aromatic N) is 2. The lowest BCUT2D eigenvalue weighted by atomic mass is 9.99. The maximum atomic E-state index is 13.1. The van der Waals surface area contributed by atoms with Crippen LogP contribution in [0.1, 0.15) is 12.8 Å². The molecule has 1 saturated heterocycles. The number of halogens is 1. The molecule has 2 aromatic rings. The number of hydrogen-bond acceptors (Lipinski definition) is 4. The molecule has 1 amide bonds. The highest BCUT2D eigenvalue weighted by Gasteiger charge is 2.33. The number of para-hydroxylation sites is 1. The van der Waals surface area contributed by atoms with Gasteiger partial charge >= 0.3 is 0 Å². The average molecular weight is 420 g/mol. The molecule has 0 saturated carbocycles. The van der Waals surface area contributed by atoms with Crippen molar-refractivity contribution in [3.05, 3.63) is 60.4 Å². The molecule has 8 heteroatoms. The summed E-state index contributed by atoms with van der Waals surface area (Å²) in [5, 5.41) is 2.92. The Labute approximate surface area is 171 Å². The molecule has 1 atom stereocenters. The Morgan fingerprint density at radius 2 is 1.86 bits per heavy atom. The Hall–Kier alpha value is -2.45. The monoisotopic (exact) mass is 419 g/mol. The summed E-state index contributed by atoms with van der Waals surface area (Å²) in [6.07, 6.45) is 1.26. The van der Waals surface area contributed by atoms with Crippen molar-refractivity contribution in [3.63, 3.8) is 0 Å². The molecule has 0 aromatic heterocycles. The van der Waals surface area contributed by atoms with E-state index in [0.717, 1.165) is 17.8 Å². The van der Waals surface area contributed by atoms with E-state index in [9.17, 15) is 17.6 Å². The lowest BCUT2D eigenvalue weighted by Gasteiger charge is -2.31. The van der Waals surface area contributed by atoms with E-state index < -0.39 is 15.8 Å². The zero-order valence-electron chi connectivity index (χ0n) is 16.4. The number of carbonyl (C=O) groups excluding carboxylic acids is 1. The van der Waals surface area contributed by atoms with Crippen LogP contribution < -0.4 is 10.2 Å². The molecule has 3 rings (SSSR count). The van der Waals surface area contributed by atoms with Gasteiger partial charge in [-0.3, -0.25) is 4.79 Å². The summed E-state index contributed by atoms with van der Waals surface area (Å²) in [5.74, 6) is -1.01. The summed E-state index contributed by atoms with van der Waals surface area (Å²) in [5.41, 5.74) is 1.07. The zero-order valence-corrected chi connectivity index (χ0v) is 17.2. The maximum Gasteiger partial charge on any atom is 0.243 e. The molecule has 0 aliphatic carbocycles. The van der Waals surface area contributed by atoms with Gasteiger partial charge in [0, 0.05) is 38.9 Å². The SMILES string of the molecule is CN(CCNC(=O)[C@H]1CCCN(S(=O)(=O)c2ccc(F)cc2)C1)c1ccccc1. The minimum Gasteiger partial charge on any atom is -0.373 e. The Morgan fingerprint density at radius 1 is 1.17 bits per heavy atom. The van der Waals surface area contributed by atoms with Crippen molar-refractivity contribution >= 4 is 21.6 Å². The molecule has 1 aliphatic heterocycles. The van der Waals surface area contributed by atoms with Crippen LogP contribution >= 0.6 is 0 Å². The van der Waals surface area contributed by atoms with Gasteiger partial charge in [0.05, 0.1) is 10.8 Å². The third kappa shape index (κ3) is 5.33. The number of hydrogen-bond donors (Lipinski definition) is 1. The van der Waals surface area contributed by atoms with Crippen LogP contribution in [0.5, 0.6) is 0 Å². The molecule has 1 fully saturated rings. The summed E-state index contributed by atoms with van der Waals surface area (Å²) in [4.78, 5) is 14.7. The minimum atomic E-state index is -3.74. The van der Waals surface area contributed by atoms with Gasteiger partial charge in [-0.2, -0.15) is 4.31 Å². The fourth-order valence-corrected chi connectivity index (χ4v) is 4.96. The van der Waals surface area contributed by atoms with Crippen molar-refractivity contribution in [3.8, 4) is 0 Å². The molecular formula is C21H26FN3O3S. The van der Waals surface area contributed by atoms with Crippen LogP contribution in [0.3, 0.4) is 0 Å². The Bertz CT molecular complexity index is 920. The first-order valence-electron chi connectivity index (χ1n) is 9.67. The lowest BCUT2D eigenvalue weighted by molar-refractivity contribution is -0.126. The predicted molar refractivity (Wildman–Crippen MR) is 111 cm³/mol. The standard InChI is InChI=1S/C21H26FN3O3S/c1-24(19-7-3-2-4-8-19)15-13-23-21(26)17-6-5-14-25(16-17)29(27,28)20-11-9-18(22)10-12-20/h2-4,7-12,17H,5-6,13-16H2,1H3,(H,23,26)/t17-/m0/s1. The summed E-state index contributed by atoms with van der Waals surface area (Å²) in [6, 6.07) is 14.7. The second kappa shape index (κ2) is 9.37. The number of benzene rings is 2. The van der Waals surface area contributed by atoms with Crippen molar-refractivity contribution in [2.45, 2.75) is 17.7 Å². The van der Waals surface area contributed by atoms with Crippen LogP contribution in [0.15, 0.2) is 59.5 Å². The Morgan fingerprint density at radius 3 is 2.55 bits per heavy atom. The van der Waals surface area contributed by atoms with E-state index in [2.05, 4.69) is 5.32 Å². The van der Waals surface area contributed by atoms with Gasteiger partial charge in [0.15, 0.2) is 0 Å². The number of anilines is 1. The van der Waals surface area contributed by atoms with Crippen molar-refractivity contribution in [2.75, 3.05) is 38.1 Å². The molecule has 1 N–H and O–H groups in total. The lowest BCUT2D eigenvalue weighted by Crippen LogP contribution is -2.46. The molecule has 0 radical (unpaired) electrons. The number of carbonyl (C=O) groups is 1. The van der Waals surface area contributed by atoms with E-state index >= 15 is 0 Å². The molecule has 156 valence electrons. The van der Waals surface area contributed by atoms with E-state index in [1.54, 1.807) is 0 Å². The van der Waals surface area contributed by atoms with Crippen molar-refractivity contribution in [1.82, 2.24) is 9.62 Å². The highest BCUT2D eigenvalue weighted by atomic mass is 32.2. The van der Waals surface area contributed by atoms with Gasteiger partial charge < -0.3 is 10.2 Å². The highest BCUT2D eigenvalue weighted by molar-refractivity contribution is 7.89. The highest BCUT2D eigenvalue weighted by Crippen LogP contribution is 2.24. The van der Waals surface area contributed by atoms with Gasteiger partial charge in [0.1, 0.15) is 5.82 Å². The normalized spacial score (nSPS) is 17.7. The van der Waals surface area contributed by atoms with E-state index in [-0.39, 0.29) is 23.3 Å². The number of nitrogens with one attached hydrogen (secondary N) is 1. The number of likely N-dealkylation sites (N-methyl/N-ethyl adjacent to an activating group) is 1. The summed E-state index contributed by atoms with van der Waals surface area (Å²) >= 11 is 0. The summed E-state index contributed by atoms with van der Waals surface area (Å²) in [6.45, 7) is 1.63. The maximum absolute atomic E-state index is 13.1. The van der Waals surface area contributed by atoms with E-state index in [0.29, 0.717) is 32.5 Å². The second-order valence-electron chi connectivity index (χ2n) is 7.20. The molecule has 1 aliphatic rings. The molecule has 1 heterocycles. The van der Waals surface area contributed by atoms with Gasteiger partial charge in [0.25, 0.3) is 0 Å². The zero-order chi connectivity index (χ0) is 20.9. The van der Waals surface area contributed by atoms with Crippen LogP contribution in [-0.2, 0) is 14.8 Å². The van der Waals surface area contributed by atoms with Crippen molar-refractivity contribution in [2.24, 2.45) is 5.92 Å². The fourth-order valence-electron chi connectivity index (χ4n) is 3.43. The van der Waals surface area contributed by atoms with Crippen molar-refractivity contribution in [1.29, 1.82) is 0 Å². The predicted octanol–water partition coefficient (Wildman–Crippen LogP) is 2.48.